The van der Waals surface area contributed by atoms with Gasteiger partial charge in [-0.25, -0.2) is 12.8 Å². The molecule has 0 unspecified atom stereocenters. The van der Waals surface area contributed by atoms with Gasteiger partial charge in [-0.05, 0) is 62.2 Å². The van der Waals surface area contributed by atoms with Gasteiger partial charge in [-0.3, -0.25) is 13.9 Å². The van der Waals surface area contributed by atoms with E-state index in [1.807, 2.05) is 75.4 Å². The van der Waals surface area contributed by atoms with Crippen molar-refractivity contribution < 1.29 is 22.4 Å². The summed E-state index contributed by atoms with van der Waals surface area (Å²) in [5.41, 5.74) is 1.01. The van der Waals surface area contributed by atoms with Crippen LogP contribution in [0.3, 0.4) is 0 Å². The summed E-state index contributed by atoms with van der Waals surface area (Å²) in [7, 11) is -3.99. The Kier molecular flexibility index (Phi) is 10.4. The molecule has 0 bridgehead atoms. The Bertz CT molecular complexity index is 1470. The smallest absolute Gasteiger partial charge is 0.244 e. The first-order valence-electron chi connectivity index (χ1n) is 12.5. The second-order valence-electron chi connectivity index (χ2n) is 10.5. The minimum absolute atomic E-state index is 0.0309. The molecule has 40 heavy (non-hydrogen) atoms. The molecule has 0 heterocycles. The van der Waals surface area contributed by atoms with Gasteiger partial charge in [-0.2, -0.15) is 0 Å². The number of hydrogen-bond donors (Lipinski definition) is 1. The van der Waals surface area contributed by atoms with Crippen LogP contribution in [0.2, 0.25) is 5.02 Å². The Morgan fingerprint density at radius 2 is 1.65 bits per heavy atom. The summed E-state index contributed by atoms with van der Waals surface area (Å²) >= 11 is 9.37. The lowest BCUT2D eigenvalue weighted by Gasteiger charge is -2.35. The minimum atomic E-state index is -3.99. The fourth-order valence-corrected chi connectivity index (χ4v) is 5.56. The highest BCUT2D eigenvalue weighted by atomic mass is 79.9. The van der Waals surface area contributed by atoms with E-state index >= 15 is 0 Å². The number of sulfonamides is 1. The van der Waals surface area contributed by atoms with Crippen molar-refractivity contribution in [2.24, 2.45) is 0 Å². The van der Waals surface area contributed by atoms with Crippen molar-refractivity contribution in [1.82, 2.24) is 10.2 Å². The average molecular weight is 653 g/mol. The first-order chi connectivity index (χ1) is 18.6. The average Bonchev–Trinajstić information content (AvgIpc) is 2.85. The highest BCUT2D eigenvalue weighted by Gasteiger charge is 2.34. The van der Waals surface area contributed by atoms with Crippen molar-refractivity contribution in [2.75, 3.05) is 17.1 Å². The number of benzene rings is 3. The molecule has 0 aromatic heterocycles. The van der Waals surface area contributed by atoms with Gasteiger partial charge < -0.3 is 10.2 Å². The molecule has 0 saturated heterocycles. The predicted molar refractivity (Wildman–Crippen MR) is 160 cm³/mol. The normalized spacial score (nSPS) is 12.5. The number of nitrogens with one attached hydrogen (secondary N) is 1. The molecular weight excluding hydrogens is 621 g/mol. The van der Waals surface area contributed by atoms with E-state index in [9.17, 15) is 22.4 Å². The molecule has 0 spiro atoms. The lowest BCUT2D eigenvalue weighted by Crippen LogP contribution is -2.56. The number of amides is 2. The van der Waals surface area contributed by atoms with Crippen LogP contribution >= 0.6 is 27.5 Å². The van der Waals surface area contributed by atoms with Gasteiger partial charge in [-0.1, -0.05) is 70.0 Å². The SMILES string of the molecule is CC(C)(C)NC(=O)[C@@H](Cc1ccccc1)N(Cc1cccc(Br)c1)C(=O)CN(c1ccc(F)c(Cl)c1)S(C)(=O)=O. The summed E-state index contributed by atoms with van der Waals surface area (Å²) in [6, 6.07) is 19.0. The fourth-order valence-electron chi connectivity index (χ4n) is 4.09. The van der Waals surface area contributed by atoms with E-state index < -0.39 is 39.9 Å². The largest absolute Gasteiger partial charge is 0.350 e. The summed E-state index contributed by atoms with van der Waals surface area (Å²) in [6.45, 7) is 4.94. The van der Waals surface area contributed by atoms with Crippen molar-refractivity contribution in [2.45, 2.75) is 45.3 Å². The molecule has 11 heteroatoms. The number of halogens is 3. The van der Waals surface area contributed by atoms with Crippen LogP contribution < -0.4 is 9.62 Å². The molecule has 0 aliphatic rings. The molecule has 1 N–H and O–H groups in total. The van der Waals surface area contributed by atoms with Gasteiger partial charge in [0.25, 0.3) is 0 Å². The molecule has 3 rings (SSSR count). The van der Waals surface area contributed by atoms with Crippen LogP contribution in [0.1, 0.15) is 31.9 Å². The second kappa shape index (κ2) is 13.1. The minimum Gasteiger partial charge on any atom is -0.350 e. The summed E-state index contributed by atoms with van der Waals surface area (Å²) in [4.78, 5) is 29.1. The molecule has 2 amide bonds. The number of carbonyl (C=O) groups excluding carboxylic acids is 2. The van der Waals surface area contributed by atoms with E-state index in [1.165, 1.54) is 11.0 Å². The standard InChI is InChI=1S/C29H32BrClFN3O4S/c1-29(2,3)33-28(37)26(16-20-9-6-5-7-10-20)34(18-21-11-8-12-22(30)15-21)27(36)19-35(40(4,38)39)23-13-14-25(32)24(31)17-23/h5-15,17,26H,16,18-19H2,1-4H3,(H,33,37)/t26-/m1/s1. The zero-order valence-electron chi connectivity index (χ0n) is 22.7. The van der Waals surface area contributed by atoms with Gasteiger partial charge >= 0.3 is 0 Å². The molecule has 0 fully saturated rings. The van der Waals surface area contributed by atoms with Crippen LogP contribution in [0.4, 0.5) is 10.1 Å². The Hall–Kier alpha value is -2.95. The quantitative estimate of drug-likeness (QED) is 0.311. The van der Waals surface area contributed by atoms with E-state index in [2.05, 4.69) is 21.2 Å². The van der Waals surface area contributed by atoms with Crippen molar-refractivity contribution in [1.29, 1.82) is 0 Å². The number of nitrogens with zero attached hydrogens (tertiary/aromatic N) is 2. The lowest BCUT2D eigenvalue weighted by atomic mass is 10.0. The van der Waals surface area contributed by atoms with Crippen molar-refractivity contribution in [3.05, 3.63) is 99.2 Å². The lowest BCUT2D eigenvalue weighted by molar-refractivity contribution is -0.140. The highest BCUT2D eigenvalue weighted by molar-refractivity contribution is 9.10. The molecule has 3 aromatic carbocycles. The van der Waals surface area contributed by atoms with Gasteiger partial charge in [0.2, 0.25) is 21.8 Å². The van der Waals surface area contributed by atoms with Crippen LogP contribution in [0.15, 0.2) is 77.3 Å². The number of anilines is 1. The third-order valence-electron chi connectivity index (χ3n) is 5.88. The first kappa shape index (κ1) is 31.6. The summed E-state index contributed by atoms with van der Waals surface area (Å²) < 4.78 is 41.1. The van der Waals surface area contributed by atoms with Crippen molar-refractivity contribution >= 4 is 55.1 Å². The van der Waals surface area contributed by atoms with Crippen molar-refractivity contribution in [3.8, 4) is 0 Å². The third kappa shape index (κ3) is 9.04. The Morgan fingerprint density at radius 1 is 1.00 bits per heavy atom. The molecule has 3 aromatic rings. The maximum atomic E-state index is 14.0. The molecule has 0 radical (unpaired) electrons. The first-order valence-corrected chi connectivity index (χ1v) is 15.5. The number of rotatable bonds is 10. The zero-order chi connectivity index (χ0) is 29.7. The van der Waals surface area contributed by atoms with Crippen LogP contribution in [-0.2, 0) is 32.6 Å². The highest BCUT2D eigenvalue weighted by Crippen LogP contribution is 2.25. The number of carbonyl (C=O) groups is 2. The molecule has 0 aliphatic carbocycles. The van der Waals surface area contributed by atoms with Crippen LogP contribution in [0.25, 0.3) is 0 Å². The van der Waals surface area contributed by atoms with E-state index in [1.54, 1.807) is 0 Å². The van der Waals surface area contributed by atoms with Crippen LogP contribution in [0, 0.1) is 5.82 Å². The molecule has 214 valence electrons. The molecule has 0 saturated carbocycles. The predicted octanol–water partition coefficient (Wildman–Crippen LogP) is 5.56. The van der Waals surface area contributed by atoms with Gasteiger partial charge in [0, 0.05) is 23.0 Å². The Morgan fingerprint density at radius 3 is 2.23 bits per heavy atom. The maximum absolute atomic E-state index is 14.0. The van der Waals surface area contributed by atoms with Crippen LogP contribution in [-0.4, -0.2) is 49.5 Å². The Balaban J connectivity index is 2.09. The summed E-state index contributed by atoms with van der Waals surface area (Å²) in [5, 5.41) is 2.69. The van der Waals surface area contributed by atoms with E-state index in [0.29, 0.717) is 0 Å². The molecule has 1 atom stereocenters. The van der Waals surface area contributed by atoms with Gasteiger partial charge in [-0.15, -0.1) is 0 Å². The van der Waals surface area contributed by atoms with E-state index in [4.69, 9.17) is 11.6 Å². The molecular formula is C29H32BrClFN3O4S. The molecule has 0 aliphatic heterocycles. The summed E-state index contributed by atoms with van der Waals surface area (Å²) in [5.74, 6) is -1.71. The van der Waals surface area contributed by atoms with E-state index in [-0.39, 0.29) is 29.6 Å². The monoisotopic (exact) mass is 651 g/mol. The van der Waals surface area contributed by atoms with E-state index in [0.717, 1.165) is 38.3 Å². The zero-order valence-corrected chi connectivity index (χ0v) is 25.9. The topological polar surface area (TPSA) is 86.8 Å². The number of hydrogen-bond acceptors (Lipinski definition) is 4. The van der Waals surface area contributed by atoms with Crippen LogP contribution in [0.5, 0.6) is 0 Å². The summed E-state index contributed by atoms with van der Waals surface area (Å²) in [6.07, 6.45) is 1.15. The Labute approximate surface area is 248 Å². The van der Waals surface area contributed by atoms with Gasteiger partial charge in [0.15, 0.2) is 0 Å². The molecule has 7 nitrogen and oxygen atoms in total. The second-order valence-corrected chi connectivity index (χ2v) is 13.7. The fraction of sp³-hybridized carbons (Fsp3) is 0.310. The maximum Gasteiger partial charge on any atom is 0.244 e. The van der Waals surface area contributed by atoms with Crippen molar-refractivity contribution in [3.63, 3.8) is 0 Å². The van der Waals surface area contributed by atoms with Gasteiger partial charge in [0.05, 0.1) is 17.0 Å². The van der Waals surface area contributed by atoms with Gasteiger partial charge in [0.1, 0.15) is 18.4 Å². The third-order valence-corrected chi connectivity index (χ3v) is 7.81.